The molecule has 0 amide bonds. The average Bonchev–Trinajstić information content (AvgIpc) is 2.91. The number of furan rings is 1. The summed E-state index contributed by atoms with van der Waals surface area (Å²) in [6.07, 6.45) is 0.208. The highest BCUT2D eigenvalue weighted by Gasteiger charge is 2.38. The third kappa shape index (κ3) is 3.15. The first-order chi connectivity index (χ1) is 9.54. The quantitative estimate of drug-likeness (QED) is 0.780. The lowest BCUT2D eigenvalue weighted by atomic mass is 10.3. The van der Waals surface area contributed by atoms with Crippen molar-refractivity contribution in [2.75, 3.05) is 18.6 Å². The van der Waals surface area contributed by atoms with Gasteiger partial charge < -0.3 is 9.52 Å². The zero-order valence-electron chi connectivity index (χ0n) is 10.8. The highest BCUT2D eigenvalue weighted by molar-refractivity contribution is 9.10. The van der Waals surface area contributed by atoms with E-state index in [0.717, 1.165) is 10.4 Å². The number of hydrogen-bond acceptors (Lipinski definition) is 6. The van der Waals surface area contributed by atoms with E-state index < -0.39 is 37.6 Å². The van der Waals surface area contributed by atoms with Crippen LogP contribution in [0.15, 0.2) is 20.0 Å². The molecule has 1 unspecified atom stereocenters. The van der Waals surface area contributed by atoms with Gasteiger partial charge in [-0.25, -0.2) is 21.6 Å². The van der Waals surface area contributed by atoms with Crippen molar-refractivity contribution in [1.82, 2.24) is 4.31 Å². The van der Waals surface area contributed by atoms with Crippen LogP contribution in [0.5, 0.6) is 0 Å². The van der Waals surface area contributed by atoms with Gasteiger partial charge >= 0.3 is 5.97 Å². The van der Waals surface area contributed by atoms with E-state index in [1.165, 1.54) is 7.05 Å². The van der Waals surface area contributed by atoms with E-state index in [-0.39, 0.29) is 27.5 Å². The highest BCUT2D eigenvalue weighted by Crippen LogP contribution is 2.30. The Morgan fingerprint density at radius 2 is 2.14 bits per heavy atom. The Morgan fingerprint density at radius 1 is 1.52 bits per heavy atom. The predicted octanol–water partition coefficient (Wildman–Crippen LogP) is 0.548. The van der Waals surface area contributed by atoms with Gasteiger partial charge in [0.25, 0.3) is 0 Å². The van der Waals surface area contributed by atoms with Crippen LogP contribution in [-0.2, 0) is 19.9 Å². The number of carboxylic acids is 1. The van der Waals surface area contributed by atoms with Crippen LogP contribution in [0.3, 0.4) is 0 Å². The zero-order chi connectivity index (χ0) is 16.0. The summed E-state index contributed by atoms with van der Waals surface area (Å²) in [5.41, 5.74) is 0. The fourth-order valence-corrected chi connectivity index (χ4v) is 6.20. The first-order valence-electron chi connectivity index (χ1n) is 5.75. The van der Waals surface area contributed by atoms with Crippen molar-refractivity contribution in [2.45, 2.75) is 17.4 Å². The van der Waals surface area contributed by atoms with Gasteiger partial charge in [0.1, 0.15) is 4.90 Å². The molecule has 11 heteroatoms. The minimum Gasteiger partial charge on any atom is -0.475 e. The van der Waals surface area contributed by atoms with Crippen LogP contribution in [0, 0.1) is 0 Å². The first kappa shape index (κ1) is 16.5. The van der Waals surface area contributed by atoms with Crippen molar-refractivity contribution in [1.29, 1.82) is 0 Å². The van der Waals surface area contributed by atoms with Gasteiger partial charge in [-0.2, -0.15) is 4.31 Å². The molecular weight excluding hydrogens is 390 g/mol. The van der Waals surface area contributed by atoms with Crippen LogP contribution in [0.1, 0.15) is 17.0 Å². The highest BCUT2D eigenvalue weighted by atomic mass is 79.9. The number of sulfonamides is 1. The summed E-state index contributed by atoms with van der Waals surface area (Å²) in [6.45, 7) is 0. The van der Waals surface area contributed by atoms with E-state index in [2.05, 4.69) is 15.9 Å². The second kappa shape index (κ2) is 5.38. The Labute approximate surface area is 129 Å². The summed E-state index contributed by atoms with van der Waals surface area (Å²) < 4.78 is 53.3. The standard InChI is InChI=1S/C10H12BrNO7S2/c1-12(6-2-3-20(15,16)5-6)21(17,18)8-4-7(10(13)14)19-9(8)11/h4,6H,2-3,5H2,1H3,(H,13,14). The molecule has 8 nitrogen and oxygen atoms in total. The molecule has 21 heavy (non-hydrogen) atoms. The van der Waals surface area contributed by atoms with Gasteiger partial charge in [0.2, 0.25) is 15.8 Å². The lowest BCUT2D eigenvalue weighted by Gasteiger charge is -2.21. The third-order valence-electron chi connectivity index (χ3n) is 3.25. The molecule has 2 heterocycles. The van der Waals surface area contributed by atoms with Gasteiger partial charge in [0.15, 0.2) is 14.5 Å². The third-order valence-corrected chi connectivity index (χ3v) is 7.76. The molecule has 2 rings (SSSR count). The van der Waals surface area contributed by atoms with Gasteiger partial charge in [-0.1, -0.05) is 0 Å². The van der Waals surface area contributed by atoms with Crippen LogP contribution >= 0.6 is 15.9 Å². The Hall–Kier alpha value is -0.910. The van der Waals surface area contributed by atoms with Crippen molar-refractivity contribution in [3.05, 3.63) is 16.5 Å². The molecule has 1 aliphatic heterocycles. The molecule has 0 saturated carbocycles. The molecule has 1 fully saturated rings. The molecule has 0 aromatic carbocycles. The topological polar surface area (TPSA) is 122 Å². The largest absolute Gasteiger partial charge is 0.475 e. The molecule has 0 radical (unpaired) electrons. The van der Waals surface area contributed by atoms with Crippen molar-refractivity contribution in [3.8, 4) is 0 Å². The van der Waals surface area contributed by atoms with E-state index in [4.69, 9.17) is 9.52 Å². The Balaban J connectivity index is 2.36. The van der Waals surface area contributed by atoms with Crippen LogP contribution in [0.2, 0.25) is 0 Å². The number of rotatable bonds is 4. The summed E-state index contributed by atoms with van der Waals surface area (Å²) in [5.74, 6) is -2.23. The molecule has 1 atom stereocenters. The fraction of sp³-hybridized carbons (Fsp3) is 0.500. The molecule has 1 saturated heterocycles. The Kier molecular flexibility index (Phi) is 4.21. The van der Waals surface area contributed by atoms with E-state index in [1.807, 2.05) is 0 Å². The van der Waals surface area contributed by atoms with Gasteiger partial charge in [-0.15, -0.1) is 0 Å². The maximum atomic E-state index is 12.4. The second-order valence-corrected chi connectivity index (χ2v) is 9.55. The molecule has 1 aromatic rings. The smallest absolute Gasteiger partial charge is 0.371 e. The predicted molar refractivity (Wildman–Crippen MR) is 75.4 cm³/mol. The number of halogens is 1. The van der Waals surface area contributed by atoms with Crippen LogP contribution < -0.4 is 0 Å². The van der Waals surface area contributed by atoms with Gasteiger partial charge in [-0.3, -0.25) is 0 Å². The summed E-state index contributed by atoms with van der Waals surface area (Å²) in [5, 5.41) is 8.80. The maximum absolute atomic E-state index is 12.4. The number of hydrogen-bond donors (Lipinski definition) is 1. The lowest BCUT2D eigenvalue weighted by molar-refractivity contribution is 0.0661. The number of carbonyl (C=O) groups is 1. The normalized spacial score (nSPS) is 21.8. The lowest BCUT2D eigenvalue weighted by Crippen LogP contribution is -2.37. The summed E-state index contributed by atoms with van der Waals surface area (Å²) in [6, 6.07) is 0.219. The van der Waals surface area contributed by atoms with Crippen molar-refractivity contribution < 1.29 is 31.2 Å². The maximum Gasteiger partial charge on any atom is 0.371 e. The molecule has 118 valence electrons. The van der Waals surface area contributed by atoms with Crippen molar-refractivity contribution in [3.63, 3.8) is 0 Å². The van der Waals surface area contributed by atoms with E-state index in [0.29, 0.717) is 0 Å². The van der Waals surface area contributed by atoms with Gasteiger partial charge in [0.05, 0.1) is 11.5 Å². The number of aromatic carboxylic acids is 1. The van der Waals surface area contributed by atoms with Gasteiger partial charge in [0, 0.05) is 19.2 Å². The number of nitrogens with zero attached hydrogens (tertiary/aromatic N) is 1. The number of sulfone groups is 1. The molecule has 1 N–H and O–H groups in total. The minimum atomic E-state index is -4.05. The minimum absolute atomic E-state index is 0.0650. The van der Waals surface area contributed by atoms with Crippen LogP contribution in [-0.4, -0.2) is 56.8 Å². The summed E-state index contributed by atoms with van der Waals surface area (Å²) in [7, 11) is -6.02. The Morgan fingerprint density at radius 3 is 2.57 bits per heavy atom. The van der Waals surface area contributed by atoms with Crippen LogP contribution in [0.4, 0.5) is 0 Å². The molecule has 0 bridgehead atoms. The molecule has 1 aliphatic rings. The monoisotopic (exact) mass is 401 g/mol. The van der Waals surface area contributed by atoms with Gasteiger partial charge in [-0.05, 0) is 22.4 Å². The summed E-state index contributed by atoms with van der Waals surface area (Å²) >= 11 is 2.87. The molecule has 1 aromatic heterocycles. The molecular formula is C10H12BrNO7S2. The van der Waals surface area contributed by atoms with Crippen LogP contribution in [0.25, 0.3) is 0 Å². The molecule has 0 spiro atoms. The number of carboxylic acid groups (broad SMARTS) is 1. The SMILES string of the molecule is CN(C1CCS(=O)(=O)C1)S(=O)(=O)c1cc(C(=O)O)oc1Br. The second-order valence-electron chi connectivity index (χ2n) is 4.63. The van der Waals surface area contributed by atoms with E-state index >= 15 is 0 Å². The first-order valence-corrected chi connectivity index (χ1v) is 9.81. The summed E-state index contributed by atoms with van der Waals surface area (Å²) in [4.78, 5) is 10.5. The van der Waals surface area contributed by atoms with Crippen molar-refractivity contribution >= 4 is 41.8 Å². The fourth-order valence-electron chi connectivity index (χ4n) is 2.05. The average molecular weight is 402 g/mol. The zero-order valence-corrected chi connectivity index (χ0v) is 14.0. The van der Waals surface area contributed by atoms with E-state index in [9.17, 15) is 21.6 Å². The van der Waals surface area contributed by atoms with E-state index in [1.54, 1.807) is 0 Å². The molecule has 0 aliphatic carbocycles. The van der Waals surface area contributed by atoms with Crippen molar-refractivity contribution in [2.24, 2.45) is 0 Å². The Bertz CT molecular complexity index is 780.